The van der Waals surface area contributed by atoms with Crippen LogP contribution >= 0.6 is 11.8 Å². The molecule has 2 atom stereocenters. The van der Waals surface area contributed by atoms with E-state index < -0.39 is 0 Å². The summed E-state index contributed by atoms with van der Waals surface area (Å²) in [6.07, 6.45) is 5.83. The lowest BCUT2D eigenvalue weighted by Crippen LogP contribution is -2.20. The highest BCUT2D eigenvalue weighted by Crippen LogP contribution is 2.32. The van der Waals surface area contributed by atoms with Crippen LogP contribution in [0.25, 0.3) is 0 Å². The van der Waals surface area contributed by atoms with Crippen LogP contribution in [0.5, 0.6) is 0 Å². The zero-order chi connectivity index (χ0) is 15.9. The molecule has 0 bridgehead atoms. The first kappa shape index (κ1) is 16.8. The molecular weight excluding hydrogens is 304 g/mol. The Balaban J connectivity index is 1.42. The van der Waals surface area contributed by atoms with Gasteiger partial charge < -0.3 is 9.64 Å². The lowest BCUT2D eigenvalue weighted by Gasteiger charge is -2.26. The van der Waals surface area contributed by atoms with Gasteiger partial charge >= 0.3 is 0 Å². The average Bonchev–Trinajstić information content (AvgIpc) is 3.13. The monoisotopic (exact) mass is 330 g/mol. The summed E-state index contributed by atoms with van der Waals surface area (Å²) in [4.78, 5) is 3.91. The normalized spacial score (nSPS) is 25.3. The molecule has 3 rings (SSSR count). The molecule has 2 heterocycles. The summed E-state index contributed by atoms with van der Waals surface area (Å²) < 4.78 is 5.83. The summed E-state index contributed by atoms with van der Waals surface area (Å²) in [5.74, 6) is 1.33. The van der Waals surface area contributed by atoms with E-state index in [4.69, 9.17) is 10.00 Å². The highest BCUT2D eigenvalue weighted by Gasteiger charge is 2.23. The number of likely N-dealkylation sites (tertiary alicyclic amines) is 1. The molecule has 0 N–H and O–H groups in total. The fraction of sp³-hybridized carbons (Fsp3) is 0.632. The lowest BCUT2D eigenvalue weighted by atomic mass is 9.93. The minimum atomic E-state index is 0.0996. The molecule has 2 aliphatic rings. The van der Waals surface area contributed by atoms with Gasteiger partial charge in [0.25, 0.3) is 0 Å². The van der Waals surface area contributed by atoms with Gasteiger partial charge in [0, 0.05) is 11.5 Å². The van der Waals surface area contributed by atoms with Crippen molar-refractivity contribution in [3.63, 3.8) is 0 Å². The van der Waals surface area contributed by atoms with Crippen LogP contribution in [0.4, 0.5) is 0 Å². The number of nitrogens with zero attached hydrogens (tertiary/aromatic N) is 2. The van der Waals surface area contributed by atoms with Crippen LogP contribution < -0.4 is 0 Å². The molecule has 0 spiro atoms. The van der Waals surface area contributed by atoms with Crippen molar-refractivity contribution in [1.29, 1.82) is 5.26 Å². The van der Waals surface area contributed by atoms with E-state index in [0.717, 1.165) is 12.8 Å². The quantitative estimate of drug-likeness (QED) is 0.577. The number of rotatable bonds is 6. The molecule has 0 aromatic heterocycles. The molecule has 0 aliphatic carbocycles. The number of hydrogen-bond donors (Lipinski definition) is 0. The van der Waals surface area contributed by atoms with Gasteiger partial charge in [-0.25, -0.2) is 0 Å². The largest absolute Gasteiger partial charge is 0.373 e. The molecule has 1 aromatic rings. The first-order valence-corrected chi connectivity index (χ1v) is 9.80. The molecular formula is C19H26N2OS. The third-order valence-electron chi connectivity index (χ3n) is 4.80. The first-order valence-electron chi connectivity index (χ1n) is 8.81. The Morgan fingerprint density at radius 2 is 2.00 bits per heavy atom. The van der Waals surface area contributed by atoms with Crippen molar-refractivity contribution in [2.75, 3.05) is 32.0 Å². The first-order chi connectivity index (χ1) is 11.3. The summed E-state index contributed by atoms with van der Waals surface area (Å²) in [7, 11) is 0. The Hall–Kier alpha value is -1.02. The molecule has 4 heteroatoms. The molecule has 0 saturated carbocycles. The zero-order valence-corrected chi connectivity index (χ0v) is 14.6. The topological polar surface area (TPSA) is 36.3 Å². The van der Waals surface area contributed by atoms with Crippen molar-refractivity contribution in [3.8, 4) is 6.07 Å². The average molecular weight is 330 g/mol. The van der Waals surface area contributed by atoms with Crippen LogP contribution in [-0.4, -0.2) is 36.9 Å². The van der Waals surface area contributed by atoms with E-state index >= 15 is 0 Å². The Bertz CT molecular complexity index is 519. The third-order valence-corrected chi connectivity index (χ3v) is 5.90. The summed E-state index contributed by atoms with van der Waals surface area (Å²) in [6, 6.07) is 11.1. The standard InChI is InChI=1S/C19H26N2OS/c20-15-16-8-12-22-19(14-16)17-4-6-18(7-5-17)23-13-3-11-21-9-1-2-10-21/h4-7,16,19H,1-3,8-14H2. The van der Waals surface area contributed by atoms with E-state index in [2.05, 4.69) is 35.2 Å². The fourth-order valence-corrected chi connectivity index (χ4v) is 4.25. The molecule has 2 fully saturated rings. The van der Waals surface area contributed by atoms with Crippen molar-refractivity contribution in [1.82, 2.24) is 4.90 Å². The molecule has 124 valence electrons. The van der Waals surface area contributed by atoms with E-state index in [-0.39, 0.29) is 12.0 Å². The van der Waals surface area contributed by atoms with E-state index in [1.165, 1.54) is 55.1 Å². The van der Waals surface area contributed by atoms with Gasteiger partial charge in [0.05, 0.1) is 18.1 Å². The summed E-state index contributed by atoms with van der Waals surface area (Å²) in [6.45, 7) is 4.54. The van der Waals surface area contributed by atoms with Gasteiger partial charge in [0.15, 0.2) is 0 Å². The molecule has 0 amide bonds. The molecule has 1 aromatic carbocycles. The Morgan fingerprint density at radius 3 is 2.74 bits per heavy atom. The van der Waals surface area contributed by atoms with Gasteiger partial charge in [-0.3, -0.25) is 0 Å². The molecule has 0 radical (unpaired) electrons. The Labute approximate surface area is 144 Å². The predicted molar refractivity (Wildman–Crippen MR) is 94.5 cm³/mol. The predicted octanol–water partition coefficient (Wildman–Crippen LogP) is 4.26. The van der Waals surface area contributed by atoms with Crippen LogP contribution in [0.3, 0.4) is 0 Å². The number of benzene rings is 1. The Morgan fingerprint density at radius 1 is 1.22 bits per heavy atom. The van der Waals surface area contributed by atoms with Gasteiger partial charge in [-0.15, -0.1) is 11.8 Å². The van der Waals surface area contributed by atoms with Crippen LogP contribution in [0.15, 0.2) is 29.2 Å². The van der Waals surface area contributed by atoms with Gasteiger partial charge in [-0.1, -0.05) is 12.1 Å². The van der Waals surface area contributed by atoms with Crippen molar-refractivity contribution in [2.24, 2.45) is 5.92 Å². The third kappa shape index (κ3) is 4.97. The number of thioether (sulfide) groups is 1. The highest BCUT2D eigenvalue weighted by molar-refractivity contribution is 7.99. The zero-order valence-electron chi connectivity index (χ0n) is 13.7. The van der Waals surface area contributed by atoms with Crippen molar-refractivity contribution in [3.05, 3.63) is 29.8 Å². The molecule has 2 saturated heterocycles. The summed E-state index contributed by atoms with van der Waals surface area (Å²) in [5, 5.41) is 9.09. The Kier molecular flexibility index (Phi) is 6.38. The van der Waals surface area contributed by atoms with Crippen molar-refractivity contribution >= 4 is 11.8 Å². The number of hydrogen-bond acceptors (Lipinski definition) is 4. The van der Waals surface area contributed by atoms with Gasteiger partial charge in [-0.2, -0.15) is 5.26 Å². The second-order valence-electron chi connectivity index (χ2n) is 6.53. The van der Waals surface area contributed by atoms with Crippen LogP contribution in [0, 0.1) is 17.2 Å². The minimum absolute atomic E-state index is 0.0996. The molecule has 23 heavy (non-hydrogen) atoms. The van der Waals surface area contributed by atoms with E-state index in [9.17, 15) is 0 Å². The van der Waals surface area contributed by atoms with Crippen LogP contribution in [0.1, 0.15) is 43.8 Å². The van der Waals surface area contributed by atoms with Crippen LogP contribution in [-0.2, 0) is 4.74 Å². The highest BCUT2D eigenvalue weighted by atomic mass is 32.2. The molecule has 3 nitrogen and oxygen atoms in total. The fourth-order valence-electron chi connectivity index (χ4n) is 3.41. The summed E-state index contributed by atoms with van der Waals surface area (Å²) in [5.41, 5.74) is 1.21. The van der Waals surface area contributed by atoms with Gasteiger partial charge in [-0.05, 0) is 75.2 Å². The van der Waals surface area contributed by atoms with E-state index in [1.807, 2.05) is 11.8 Å². The SMILES string of the molecule is N#CC1CCOC(c2ccc(SCCCN3CCCC3)cc2)C1. The summed E-state index contributed by atoms with van der Waals surface area (Å²) >= 11 is 1.94. The second kappa shape index (κ2) is 8.73. The van der Waals surface area contributed by atoms with Gasteiger partial charge in [0.1, 0.15) is 0 Å². The maximum atomic E-state index is 9.09. The molecule has 2 unspecified atom stereocenters. The molecule has 2 aliphatic heterocycles. The van der Waals surface area contributed by atoms with Crippen LogP contribution in [0.2, 0.25) is 0 Å². The van der Waals surface area contributed by atoms with E-state index in [1.54, 1.807) is 0 Å². The number of nitriles is 1. The maximum absolute atomic E-state index is 9.09. The number of ether oxygens (including phenoxy) is 1. The second-order valence-corrected chi connectivity index (χ2v) is 7.70. The maximum Gasteiger partial charge on any atom is 0.0837 e. The van der Waals surface area contributed by atoms with Gasteiger partial charge in [0.2, 0.25) is 0 Å². The minimum Gasteiger partial charge on any atom is -0.373 e. The lowest BCUT2D eigenvalue weighted by molar-refractivity contribution is 0.000683. The smallest absolute Gasteiger partial charge is 0.0837 e. The van der Waals surface area contributed by atoms with E-state index in [0.29, 0.717) is 6.61 Å². The van der Waals surface area contributed by atoms with Crippen molar-refractivity contribution in [2.45, 2.75) is 43.1 Å². The van der Waals surface area contributed by atoms with Crippen molar-refractivity contribution < 1.29 is 4.74 Å².